The molecule has 1 aliphatic rings. The Kier molecular flexibility index (Phi) is 5.15. The number of hydrogen-bond acceptors (Lipinski definition) is 7. The average molecular weight is 520 g/mol. The fraction of sp³-hybridized carbons (Fsp3) is 0.143. The summed E-state index contributed by atoms with van der Waals surface area (Å²) < 4.78 is 0. The smallest absolute Gasteiger partial charge is 0.227 e. The standard InChI is InChI=1S/C28H21N7O2S/c1-14(36)24-4-5-25(38-24)21-12-30-13-23-19(21)8-22(33-23)26-20-7-17(10-31-27(20)35-34-26)16-6-18(11-29-9-16)32-28(37)15-2-3-15/h4-13,15,33H,2-3H2,1H3,(H,32,37)(H,31,34,35). The zero-order chi connectivity index (χ0) is 25.8. The van der Waals surface area contributed by atoms with E-state index in [2.05, 4.69) is 41.5 Å². The van der Waals surface area contributed by atoms with Crippen LogP contribution in [0.25, 0.3) is 54.9 Å². The second-order valence-corrected chi connectivity index (χ2v) is 10.6. The molecule has 7 rings (SSSR count). The zero-order valence-electron chi connectivity index (χ0n) is 20.3. The van der Waals surface area contributed by atoms with E-state index >= 15 is 0 Å². The molecule has 186 valence electrons. The summed E-state index contributed by atoms with van der Waals surface area (Å²) in [6.45, 7) is 1.57. The summed E-state index contributed by atoms with van der Waals surface area (Å²) in [5, 5.41) is 12.4. The fourth-order valence-electron chi connectivity index (χ4n) is 4.57. The molecule has 0 atom stereocenters. The SMILES string of the molecule is CC(=O)c1ccc(-c2cncc3[nH]c(-c4n[nH]c5ncc(-c6cncc(NC(=O)C7CC7)c6)cc45)cc23)s1. The molecule has 6 heterocycles. The predicted molar refractivity (Wildman–Crippen MR) is 147 cm³/mol. The van der Waals surface area contributed by atoms with Crippen LogP contribution in [0, 0.1) is 5.92 Å². The monoisotopic (exact) mass is 519 g/mol. The highest BCUT2D eigenvalue weighted by Crippen LogP contribution is 2.37. The van der Waals surface area contributed by atoms with Gasteiger partial charge in [0.15, 0.2) is 11.4 Å². The maximum Gasteiger partial charge on any atom is 0.227 e. The van der Waals surface area contributed by atoms with Gasteiger partial charge in [0.1, 0.15) is 5.69 Å². The number of nitrogens with zero attached hydrogens (tertiary/aromatic N) is 4. The maximum atomic E-state index is 12.2. The summed E-state index contributed by atoms with van der Waals surface area (Å²) in [7, 11) is 0. The van der Waals surface area contributed by atoms with Crippen molar-refractivity contribution in [2.45, 2.75) is 19.8 Å². The average Bonchev–Trinajstić information content (AvgIpc) is 3.32. The van der Waals surface area contributed by atoms with E-state index in [0.29, 0.717) is 11.3 Å². The molecular weight excluding hydrogens is 498 g/mol. The minimum atomic E-state index is 0.0439. The van der Waals surface area contributed by atoms with Crippen LogP contribution in [0.2, 0.25) is 0 Å². The van der Waals surface area contributed by atoms with Crippen molar-refractivity contribution in [1.29, 1.82) is 0 Å². The molecule has 1 amide bonds. The number of carbonyl (C=O) groups excluding carboxylic acids is 2. The predicted octanol–water partition coefficient (Wildman–Crippen LogP) is 5.84. The summed E-state index contributed by atoms with van der Waals surface area (Å²) in [5.41, 5.74) is 6.44. The van der Waals surface area contributed by atoms with Crippen molar-refractivity contribution in [3.05, 3.63) is 66.2 Å². The number of nitrogens with one attached hydrogen (secondary N) is 3. The molecule has 1 fully saturated rings. The molecule has 1 aliphatic carbocycles. The number of pyridine rings is 3. The molecule has 38 heavy (non-hydrogen) atoms. The van der Waals surface area contributed by atoms with Gasteiger partial charge in [0.25, 0.3) is 0 Å². The Morgan fingerprint density at radius 2 is 1.82 bits per heavy atom. The lowest BCUT2D eigenvalue weighted by molar-refractivity contribution is -0.117. The zero-order valence-corrected chi connectivity index (χ0v) is 21.1. The van der Waals surface area contributed by atoms with Gasteiger partial charge in [0.05, 0.1) is 34.2 Å². The Bertz CT molecular complexity index is 1880. The minimum absolute atomic E-state index is 0.0439. The summed E-state index contributed by atoms with van der Waals surface area (Å²) in [5.74, 6) is 0.212. The van der Waals surface area contributed by atoms with E-state index in [1.807, 2.05) is 30.5 Å². The number of amides is 1. The number of fused-ring (bicyclic) bond motifs is 2. The number of anilines is 1. The van der Waals surface area contributed by atoms with Crippen molar-refractivity contribution < 1.29 is 9.59 Å². The Hall–Kier alpha value is -4.70. The summed E-state index contributed by atoms with van der Waals surface area (Å²) >= 11 is 1.46. The van der Waals surface area contributed by atoms with Crippen LogP contribution < -0.4 is 5.32 Å². The molecule has 9 nitrogen and oxygen atoms in total. The van der Waals surface area contributed by atoms with Crippen molar-refractivity contribution in [2.24, 2.45) is 5.92 Å². The number of H-pyrrole nitrogens is 2. The van der Waals surface area contributed by atoms with Crippen LogP contribution in [0.15, 0.2) is 61.3 Å². The van der Waals surface area contributed by atoms with Crippen LogP contribution in [0.4, 0.5) is 5.69 Å². The first-order valence-electron chi connectivity index (χ1n) is 12.2. The number of aromatic nitrogens is 6. The first-order valence-corrected chi connectivity index (χ1v) is 13.0. The normalized spacial score (nSPS) is 13.3. The van der Waals surface area contributed by atoms with Crippen LogP contribution in [-0.4, -0.2) is 41.8 Å². The highest BCUT2D eigenvalue weighted by atomic mass is 32.1. The van der Waals surface area contributed by atoms with Gasteiger partial charge in [0, 0.05) is 56.8 Å². The first-order chi connectivity index (χ1) is 18.5. The fourth-order valence-corrected chi connectivity index (χ4v) is 5.49. The number of Topliss-reactive ketones (excluding diaryl/α,β-unsaturated/α-hetero) is 1. The molecule has 0 bridgehead atoms. The molecule has 0 radical (unpaired) electrons. The number of hydrogen-bond donors (Lipinski definition) is 3. The number of rotatable bonds is 6. The van der Waals surface area contributed by atoms with Gasteiger partial charge in [-0.15, -0.1) is 11.3 Å². The Labute approximate surface area is 220 Å². The minimum Gasteiger partial charge on any atom is -0.352 e. The van der Waals surface area contributed by atoms with Gasteiger partial charge in [-0.2, -0.15) is 5.10 Å². The molecule has 3 N–H and O–H groups in total. The van der Waals surface area contributed by atoms with E-state index in [0.717, 1.165) is 67.0 Å². The Balaban J connectivity index is 1.27. The first kappa shape index (κ1) is 22.5. The van der Waals surface area contributed by atoms with Crippen molar-refractivity contribution >= 4 is 50.7 Å². The van der Waals surface area contributed by atoms with Crippen molar-refractivity contribution in [3.8, 4) is 33.0 Å². The lowest BCUT2D eigenvalue weighted by Crippen LogP contribution is -2.13. The molecule has 0 unspecified atom stereocenters. The molecule has 0 aromatic carbocycles. The van der Waals surface area contributed by atoms with E-state index in [9.17, 15) is 9.59 Å². The highest BCUT2D eigenvalue weighted by molar-refractivity contribution is 7.17. The second kappa shape index (κ2) is 8.70. The van der Waals surface area contributed by atoms with Gasteiger partial charge in [0.2, 0.25) is 5.91 Å². The van der Waals surface area contributed by atoms with Gasteiger partial charge in [-0.05, 0) is 50.1 Å². The summed E-state index contributed by atoms with van der Waals surface area (Å²) in [4.78, 5) is 42.5. The number of carbonyl (C=O) groups is 2. The van der Waals surface area contributed by atoms with Crippen LogP contribution in [-0.2, 0) is 4.79 Å². The molecular formula is C28H21N7O2S. The summed E-state index contributed by atoms with van der Waals surface area (Å²) in [6.07, 6.45) is 10.7. The van der Waals surface area contributed by atoms with Crippen molar-refractivity contribution in [1.82, 2.24) is 30.1 Å². The molecule has 0 saturated heterocycles. The van der Waals surface area contributed by atoms with Crippen LogP contribution in [0.5, 0.6) is 0 Å². The third kappa shape index (κ3) is 3.95. The maximum absolute atomic E-state index is 12.2. The van der Waals surface area contributed by atoms with Crippen molar-refractivity contribution in [2.75, 3.05) is 5.32 Å². The van der Waals surface area contributed by atoms with Crippen LogP contribution in [0.3, 0.4) is 0 Å². The third-order valence-corrected chi connectivity index (χ3v) is 7.94. The van der Waals surface area contributed by atoms with Gasteiger partial charge >= 0.3 is 0 Å². The quantitative estimate of drug-likeness (QED) is 0.237. The number of ketones is 1. The Morgan fingerprint density at radius 1 is 0.974 bits per heavy atom. The largest absolute Gasteiger partial charge is 0.352 e. The lowest BCUT2D eigenvalue weighted by atomic mass is 10.1. The molecule has 0 spiro atoms. The van der Waals surface area contributed by atoms with E-state index in [4.69, 9.17) is 0 Å². The number of thiophene rings is 1. The van der Waals surface area contributed by atoms with E-state index in [1.165, 1.54) is 11.3 Å². The molecule has 1 saturated carbocycles. The molecule has 0 aliphatic heterocycles. The molecule has 10 heteroatoms. The van der Waals surface area contributed by atoms with Gasteiger partial charge in [-0.25, -0.2) is 4.98 Å². The van der Waals surface area contributed by atoms with E-state index in [-0.39, 0.29) is 17.6 Å². The number of aromatic amines is 2. The van der Waals surface area contributed by atoms with E-state index < -0.39 is 0 Å². The van der Waals surface area contributed by atoms with E-state index in [1.54, 1.807) is 31.7 Å². The lowest BCUT2D eigenvalue weighted by Gasteiger charge is -2.07. The van der Waals surface area contributed by atoms with Crippen molar-refractivity contribution in [3.63, 3.8) is 0 Å². The highest BCUT2D eigenvalue weighted by Gasteiger charge is 2.29. The molecule has 6 aromatic heterocycles. The van der Waals surface area contributed by atoms with Gasteiger partial charge in [-0.1, -0.05) is 0 Å². The Morgan fingerprint density at radius 3 is 2.63 bits per heavy atom. The van der Waals surface area contributed by atoms with Crippen LogP contribution >= 0.6 is 11.3 Å². The topological polar surface area (TPSA) is 129 Å². The molecule has 6 aromatic rings. The second-order valence-electron chi connectivity index (χ2n) is 9.47. The van der Waals surface area contributed by atoms with Crippen LogP contribution in [0.1, 0.15) is 29.4 Å². The summed E-state index contributed by atoms with van der Waals surface area (Å²) in [6, 6.07) is 9.79. The van der Waals surface area contributed by atoms with Gasteiger partial charge in [-0.3, -0.25) is 24.7 Å². The third-order valence-electron chi connectivity index (χ3n) is 6.72. The van der Waals surface area contributed by atoms with Gasteiger partial charge < -0.3 is 10.3 Å².